The standard InChI is InChI=1S/C22H17Br2ClN4O7/c23-17-8-15-16(9-18(17)24)22(32)27(21(15)31)26(10-12-1-4-13(25)7-19(12)29(35)36)20(30)11-2-5-14(6-3-11)28(33)34/h1-7,15-18H,8-10H2/t15-,16-,17+,18+/m1/s1. The Morgan fingerprint density at radius 3 is 2.03 bits per heavy atom. The molecule has 0 bridgehead atoms. The summed E-state index contributed by atoms with van der Waals surface area (Å²) in [5.41, 5.74) is -0.629. The number of hydrogen-bond donors (Lipinski definition) is 0. The number of fused-ring (bicyclic) bond motifs is 1. The number of rotatable bonds is 6. The minimum absolute atomic E-state index is 0.0376. The predicted octanol–water partition coefficient (Wildman–Crippen LogP) is 4.64. The van der Waals surface area contributed by atoms with Crippen molar-refractivity contribution in [3.05, 3.63) is 78.8 Å². The normalized spacial score (nSPS) is 23.4. The van der Waals surface area contributed by atoms with Crippen LogP contribution in [-0.4, -0.2) is 47.2 Å². The van der Waals surface area contributed by atoms with Gasteiger partial charge in [0, 0.05) is 38.4 Å². The molecule has 0 aromatic heterocycles. The number of nitrogens with zero attached hydrogens (tertiary/aromatic N) is 4. The molecule has 188 valence electrons. The number of hydrogen-bond acceptors (Lipinski definition) is 7. The Bertz CT molecular complexity index is 1250. The fourth-order valence-electron chi connectivity index (χ4n) is 4.43. The Morgan fingerprint density at radius 2 is 1.53 bits per heavy atom. The lowest BCUT2D eigenvalue weighted by Crippen LogP contribution is -2.49. The minimum Gasteiger partial charge on any atom is -0.272 e. The van der Waals surface area contributed by atoms with Gasteiger partial charge in [-0.05, 0) is 37.1 Å². The minimum atomic E-state index is -0.819. The number of carbonyl (C=O) groups is 3. The third-order valence-corrected chi connectivity index (χ3v) is 9.22. The van der Waals surface area contributed by atoms with Gasteiger partial charge in [0.15, 0.2) is 0 Å². The molecule has 0 unspecified atom stereocenters. The monoisotopic (exact) mass is 642 g/mol. The summed E-state index contributed by atoms with van der Waals surface area (Å²) in [6.07, 6.45) is 0.727. The number of alkyl halides is 2. The largest absolute Gasteiger partial charge is 0.275 e. The molecular weight excluding hydrogens is 628 g/mol. The Morgan fingerprint density at radius 1 is 0.972 bits per heavy atom. The van der Waals surface area contributed by atoms with Gasteiger partial charge in [-0.1, -0.05) is 43.5 Å². The van der Waals surface area contributed by atoms with Gasteiger partial charge in [-0.25, -0.2) is 5.01 Å². The van der Waals surface area contributed by atoms with Crippen molar-refractivity contribution >= 4 is 72.6 Å². The number of nitro benzene ring substituents is 2. The van der Waals surface area contributed by atoms with Gasteiger partial charge < -0.3 is 0 Å². The zero-order valence-electron chi connectivity index (χ0n) is 18.3. The van der Waals surface area contributed by atoms with Crippen LogP contribution in [0.5, 0.6) is 0 Å². The van der Waals surface area contributed by atoms with Crippen molar-refractivity contribution in [1.82, 2.24) is 10.0 Å². The average molecular weight is 645 g/mol. The Labute approximate surface area is 225 Å². The third kappa shape index (κ3) is 4.87. The molecule has 0 spiro atoms. The Kier molecular flexibility index (Phi) is 7.43. The summed E-state index contributed by atoms with van der Waals surface area (Å²) in [6.45, 7) is -0.476. The van der Waals surface area contributed by atoms with E-state index in [1.165, 1.54) is 24.3 Å². The number of carbonyl (C=O) groups excluding carboxylic acids is 3. The van der Waals surface area contributed by atoms with Crippen molar-refractivity contribution in [2.45, 2.75) is 29.0 Å². The van der Waals surface area contributed by atoms with Gasteiger partial charge in [0.25, 0.3) is 29.1 Å². The molecule has 4 atom stereocenters. The lowest BCUT2D eigenvalue weighted by molar-refractivity contribution is -0.385. The van der Waals surface area contributed by atoms with E-state index in [0.717, 1.165) is 28.2 Å². The predicted molar refractivity (Wildman–Crippen MR) is 135 cm³/mol. The Balaban J connectivity index is 1.76. The third-order valence-electron chi connectivity index (χ3n) is 6.25. The van der Waals surface area contributed by atoms with Crippen molar-refractivity contribution in [2.24, 2.45) is 11.8 Å². The first kappa shape index (κ1) is 26.2. The van der Waals surface area contributed by atoms with Crippen LogP contribution < -0.4 is 0 Å². The van der Waals surface area contributed by atoms with Gasteiger partial charge in [0.1, 0.15) is 0 Å². The van der Waals surface area contributed by atoms with E-state index in [1.54, 1.807) is 0 Å². The second-order valence-corrected chi connectivity index (χ2v) is 11.2. The van der Waals surface area contributed by atoms with Gasteiger partial charge in [-0.3, -0.25) is 34.6 Å². The SMILES string of the molecule is O=C(c1ccc([N+](=O)[O-])cc1)N(Cc1ccc(Cl)cc1[N+](=O)[O-])N1C(=O)[C@@H]2C[C@H](Br)[C@@H](Br)C[C@H]2C1=O. The van der Waals surface area contributed by atoms with E-state index in [-0.39, 0.29) is 37.2 Å². The molecule has 2 aromatic carbocycles. The lowest BCUT2D eigenvalue weighted by atomic mass is 9.81. The molecule has 2 fully saturated rings. The number of imide groups is 1. The van der Waals surface area contributed by atoms with Crippen molar-refractivity contribution < 1.29 is 24.2 Å². The van der Waals surface area contributed by atoms with E-state index in [0.29, 0.717) is 12.8 Å². The second-order valence-electron chi connectivity index (χ2n) is 8.40. The number of halogens is 3. The van der Waals surface area contributed by atoms with Crippen LogP contribution in [0.25, 0.3) is 0 Å². The van der Waals surface area contributed by atoms with Gasteiger partial charge in [-0.15, -0.1) is 0 Å². The van der Waals surface area contributed by atoms with E-state index < -0.39 is 45.9 Å². The van der Waals surface area contributed by atoms with Crippen LogP contribution >= 0.6 is 43.5 Å². The molecule has 2 aliphatic rings. The maximum absolute atomic E-state index is 13.6. The molecule has 0 radical (unpaired) electrons. The molecular formula is C22H17Br2ClN4O7. The molecule has 1 aliphatic heterocycles. The van der Waals surface area contributed by atoms with Crippen LogP contribution in [0.2, 0.25) is 5.02 Å². The summed E-state index contributed by atoms with van der Waals surface area (Å²) >= 11 is 12.9. The van der Waals surface area contributed by atoms with Crippen LogP contribution in [0.15, 0.2) is 42.5 Å². The number of benzene rings is 2. The van der Waals surface area contributed by atoms with E-state index in [4.69, 9.17) is 11.6 Å². The molecule has 0 N–H and O–H groups in total. The number of non-ortho nitro benzene ring substituents is 1. The highest BCUT2D eigenvalue weighted by Crippen LogP contribution is 2.44. The van der Waals surface area contributed by atoms with Crippen molar-refractivity contribution in [1.29, 1.82) is 0 Å². The molecule has 11 nitrogen and oxygen atoms in total. The van der Waals surface area contributed by atoms with Gasteiger partial charge >= 0.3 is 0 Å². The maximum Gasteiger partial charge on any atom is 0.275 e. The van der Waals surface area contributed by atoms with Gasteiger partial charge in [-0.2, -0.15) is 5.01 Å². The fourth-order valence-corrected chi connectivity index (χ4v) is 5.83. The molecule has 14 heteroatoms. The molecule has 2 aromatic rings. The van der Waals surface area contributed by atoms with Gasteiger partial charge in [0.05, 0.1) is 33.8 Å². The molecule has 1 heterocycles. The zero-order chi connectivity index (χ0) is 26.3. The van der Waals surface area contributed by atoms with Crippen molar-refractivity contribution in [3.8, 4) is 0 Å². The molecule has 4 rings (SSSR count). The molecule has 3 amide bonds. The summed E-state index contributed by atoms with van der Waals surface area (Å²) in [5, 5.41) is 24.4. The number of hydrazine groups is 1. The highest BCUT2D eigenvalue weighted by atomic mass is 79.9. The maximum atomic E-state index is 13.6. The molecule has 36 heavy (non-hydrogen) atoms. The number of nitro groups is 2. The second kappa shape index (κ2) is 10.2. The van der Waals surface area contributed by atoms with Crippen LogP contribution in [-0.2, 0) is 16.1 Å². The first-order valence-corrected chi connectivity index (χ1v) is 12.9. The smallest absolute Gasteiger partial charge is 0.272 e. The van der Waals surface area contributed by atoms with E-state index >= 15 is 0 Å². The van der Waals surface area contributed by atoms with E-state index in [9.17, 15) is 34.6 Å². The average Bonchev–Trinajstić information content (AvgIpc) is 3.07. The quantitative estimate of drug-likeness (QED) is 0.193. The van der Waals surface area contributed by atoms with Crippen molar-refractivity contribution in [2.75, 3.05) is 0 Å². The van der Waals surface area contributed by atoms with Crippen molar-refractivity contribution in [3.63, 3.8) is 0 Å². The summed E-state index contributed by atoms with van der Waals surface area (Å²) in [4.78, 5) is 61.6. The molecule has 1 saturated carbocycles. The van der Waals surface area contributed by atoms with Crippen LogP contribution in [0.1, 0.15) is 28.8 Å². The Hall–Kier alpha value is -2.90. The lowest BCUT2D eigenvalue weighted by Gasteiger charge is -2.30. The van der Waals surface area contributed by atoms with Crippen LogP contribution in [0.4, 0.5) is 11.4 Å². The van der Waals surface area contributed by atoms with Crippen LogP contribution in [0.3, 0.4) is 0 Å². The summed E-state index contributed by atoms with van der Waals surface area (Å²) in [6, 6.07) is 8.50. The zero-order valence-corrected chi connectivity index (χ0v) is 22.2. The van der Waals surface area contributed by atoms with Crippen LogP contribution in [0, 0.1) is 32.1 Å². The van der Waals surface area contributed by atoms with E-state index in [2.05, 4.69) is 31.9 Å². The topological polar surface area (TPSA) is 144 Å². The molecule has 1 aliphatic carbocycles. The van der Waals surface area contributed by atoms with Gasteiger partial charge in [0.2, 0.25) is 0 Å². The summed E-state index contributed by atoms with van der Waals surface area (Å²) < 4.78 is 0. The first-order chi connectivity index (χ1) is 17.0. The highest BCUT2D eigenvalue weighted by Gasteiger charge is 2.54. The summed E-state index contributed by atoms with van der Waals surface area (Å²) in [7, 11) is 0. The molecule has 1 saturated heterocycles. The summed E-state index contributed by atoms with van der Waals surface area (Å²) in [5.74, 6) is -3.31. The highest BCUT2D eigenvalue weighted by molar-refractivity contribution is 9.12. The number of amides is 3. The van der Waals surface area contributed by atoms with E-state index in [1.807, 2.05) is 0 Å². The first-order valence-electron chi connectivity index (χ1n) is 10.6. The fraction of sp³-hybridized carbons (Fsp3) is 0.318.